The second kappa shape index (κ2) is 4.55. The van der Waals surface area contributed by atoms with Crippen LogP contribution in [-0.4, -0.2) is 28.9 Å². The van der Waals surface area contributed by atoms with Crippen molar-refractivity contribution in [2.45, 2.75) is 25.7 Å². The van der Waals surface area contributed by atoms with E-state index in [1.165, 1.54) is 6.42 Å². The third kappa shape index (κ3) is 2.32. The fourth-order valence-electron chi connectivity index (χ4n) is 1.72. The molecule has 0 spiro atoms. The Morgan fingerprint density at radius 3 is 2.86 bits per heavy atom. The topological polar surface area (TPSA) is 33.2 Å². The molecule has 1 aromatic heterocycles. The Morgan fingerprint density at radius 2 is 2.21 bits per heavy atom. The third-order valence-corrected chi connectivity index (χ3v) is 3.27. The number of piperidine rings is 1. The van der Waals surface area contributed by atoms with Crippen molar-refractivity contribution in [3.05, 3.63) is 16.6 Å². The molecule has 0 atom stereocenters. The maximum Gasteiger partial charge on any atom is 0.229 e. The lowest BCUT2D eigenvalue weighted by Crippen LogP contribution is -2.36. The van der Waals surface area contributed by atoms with E-state index in [1.807, 2.05) is 10.3 Å². The first kappa shape index (κ1) is 9.65. The van der Waals surface area contributed by atoms with E-state index in [0.717, 1.165) is 30.9 Å². The summed E-state index contributed by atoms with van der Waals surface area (Å²) < 4.78 is 0. The number of hydrogen-bond donors (Lipinski definition) is 0. The number of amides is 1. The molecule has 1 fully saturated rings. The van der Waals surface area contributed by atoms with Gasteiger partial charge < -0.3 is 4.90 Å². The Labute approximate surface area is 87.8 Å². The minimum absolute atomic E-state index is 0.236. The SMILES string of the molecule is O=C(Cc1nccs1)N1CCCCC1. The Morgan fingerprint density at radius 1 is 1.43 bits per heavy atom. The molecule has 1 amide bonds. The smallest absolute Gasteiger partial charge is 0.229 e. The number of carbonyl (C=O) groups is 1. The molecule has 1 aliphatic heterocycles. The van der Waals surface area contributed by atoms with Crippen LogP contribution in [-0.2, 0) is 11.2 Å². The number of aromatic nitrogens is 1. The molecule has 1 aromatic rings. The van der Waals surface area contributed by atoms with E-state index in [0.29, 0.717) is 6.42 Å². The molecule has 1 aliphatic rings. The largest absolute Gasteiger partial charge is 0.342 e. The van der Waals surface area contributed by atoms with Crippen molar-refractivity contribution in [1.29, 1.82) is 0 Å². The summed E-state index contributed by atoms with van der Waals surface area (Å²) in [5.41, 5.74) is 0. The van der Waals surface area contributed by atoms with Gasteiger partial charge in [-0.25, -0.2) is 4.98 Å². The normalized spacial score (nSPS) is 17.0. The zero-order chi connectivity index (χ0) is 9.80. The molecule has 0 aliphatic carbocycles. The lowest BCUT2D eigenvalue weighted by Gasteiger charge is -2.26. The van der Waals surface area contributed by atoms with Gasteiger partial charge in [0.05, 0.1) is 6.42 Å². The molecule has 4 heteroatoms. The van der Waals surface area contributed by atoms with Crippen LogP contribution in [0.4, 0.5) is 0 Å². The number of carbonyl (C=O) groups excluding carboxylic acids is 1. The van der Waals surface area contributed by atoms with Gasteiger partial charge in [-0.2, -0.15) is 0 Å². The average molecular weight is 210 g/mol. The molecule has 2 rings (SSSR count). The molecule has 0 unspecified atom stereocenters. The molecule has 14 heavy (non-hydrogen) atoms. The molecular weight excluding hydrogens is 196 g/mol. The number of nitrogens with zero attached hydrogens (tertiary/aromatic N) is 2. The minimum atomic E-state index is 0.236. The maximum atomic E-state index is 11.8. The lowest BCUT2D eigenvalue weighted by atomic mass is 10.1. The number of rotatable bonds is 2. The highest BCUT2D eigenvalue weighted by Crippen LogP contribution is 2.12. The van der Waals surface area contributed by atoms with Crippen molar-refractivity contribution < 1.29 is 4.79 Å². The Hall–Kier alpha value is -0.900. The van der Waals surface area contributed by atoms with Gasteiger partial charge in [0, 0.05) is 24.7 Å². The molecule has 3 nitrogen and oxygen atoms in total. The maximum absolute atomic E-state index is 11.8. The third-order valence-electron chi connectivity index (χ3n) is 2.49. The van der Waals surface area contributed by atoms with Crippen LogP contribution in [0, 0.1) is 0 Å². The van der Waals surface area contributed by atoms with E-state index in [-0.39, 0.29) is 5.91 Å². The van der Waals surface area contributed by atoms with Gasteiger partial charge in [0.2, 0.25) is 5.91 Å². The molecule has 76 valence electrons. The zero-order valence-electron chi connectivity index (χ0n) is 8.11. The highest BCUT2D eigenvalue weighted by atomic mass is 32.1. The summed E-state index contributed by atoms with van der Waals surface area (Å²) in [4.78, 5) is 17.8. The number of thiazole rings is 1. The van der Waals surface area contributed by atoms with Gasteiger partial charge in [-0.05, 0) is 19.3 Å². The first-order valence-corrected chi connectivity index (χ1v) is 5.90. The molecule has 0 saturated carbocycles. The average Bonchev–Trinajstić information content (AvgIpc) is 2.72. The predicted octanol–water partition coefficient (Wildman–Crippen LogP) is 1.70. The first-order chi connectivity index (χ1) is 6.86. The van der Waals surface area contributed by atoms with Crippen molar-refractivity contribution in [1.82, 2.24) is 9.88 Å². The van der Waals surface area contributed by atoms with Gasteiger partial charge in [-0.3, -0.25) is 4.79 Å². The molecule has 0 aromatic carbocycles. The van der Waals surface area contributed by atoms with Crippen molar-refractivity contribution in [3.8, 4) is 0 Å². The molecule has 0 radical (unpaired) electrons. The fourth-order valence-corrected chi connectivity index (χ4v) is 2.33. The Kier molecular flexibility index (Phi) is 3.14. The zero-order valence-corrected chi connectivity index (χ0v) is 8.92. The summed E-state index contributed by atoms with van der Waals surface area (Å²) in [5.74, 6) is 0.236. The van der Waals surface area contributed by atoms with Gasteiger partial charge in [0.15, 0.2) is 0 Å². The van der Waals surface area contributed by atoms with Crippen LogP contribution in [0.3, 0.4) is 0 Å². The van der Waals surface area contributed by atoms with Crippen LogP contribution in [0.5, 0.6) is 0 Å². The monoisotopic (exact) mass is 210 g/mol. The standard InChI is InChI=1S/C10H14N2OS/c13-10(8-9-11-4-7-14-9)12-5-2-1-3-6-12/h4,7H,1-3,5-6,8H2. The van der Waals surface area contributed by atoms with Gasteiger partial charge in [0.1, 0.15) is 5.01 Å². The minimum Gasteiger partial charge on any atom is -0.342 e. The van der Waals surface area contributed by atoms with Gasteiger partial charge >= 0.3 is 0 Å². The summed E-state index contributed by atoms with van der Waals surface area (Å²) in [6.45, 7) is 1.87. The van der Waals surface area contributed by atoms with Crippen molar-refractivity contribution in [2.24, 2.45) is 0 Å². The Balaban J connectivity index is 1.88. The molecule has 1 saturated heterocycles. The highest BCUT2D eigenvalue weighted by molar-refractivity contribution is 7.09. The van der Waals surface area contributed by atoms with Crippen LogP contribution >= 0.6 is 11.3 Å². The van der Waals surface area contributed by atoms with Crippen molar-refractivity contribution in [2.75, 3.05) is 13.1 Å². The predicted molar refractivity (Wildman–Crippen MR) is 56.2 cm³/mol. The molecule has 0 bridgehead atoms. The second-order valence-corrected chi connectivity index (χ2v) is 4.52. The summed E-state index contributed by atoms with van der Waals surface area (Å²) in [5, 5.41) is 2.85. The van der Waals surface area contributed by atoms with E-state index >= 15 is 0 Å². The van der Waals surface area contributed by atoms with Gasteiger partial charge in [-0.1, -0.05) is 0 Å². The lowest BCUT2D eigenvalue weighted by molar-refractivity contribution is -0.131. The summed E-state index contributed by atoms with van der Waals surface area (Å²) in [7, 11) is 0. The van der Waals surface area contributed by atoms with E-state index in [1.54, 1.807) is 17.5 Å². The molecule has 0 N–H and O–H groups in total. The van der Waals surface area contributed by atoms with Gasteiger partial charge in [0.25, 0.3) is 0 Å². The van der Waals surface area contributed by atoms with E-state index in [9.17, 15) is 4.79 Å². The fraction of sp³-hybridized carbons (Fsp3) is 0.600. The summed E-state index contributed by atoms with van der Waals surface area (Å²) >= 11 is 1.56. The highest BCUT2D eigenvalue weighted by Gasteiger charge is 2.17. The Bertz CT molecular complexity index is 291. The number of likely N-dealkylation sites (tertiary alicyclic amines) is 1. The quantitative estimate of drug-likeness (QED) is 0.744. The summed E-state index contributed by atoms with van der Waals surface area (Å²) in [6.07, 6.45) is 5.81. The van der Waals surface area contributed by atoms with E-state index in [2.05, 4.69) is 4.98 Å². The first-order valence-electron chi connectivity index (χ1n) is 5.02. The van der Waals surface area contributed by atoms with Crippen LogP contribution in [0.1, 0.15) is 24.3 Å². The van der Waals surface area contributed by atoms with Crippen molar-refractivity contribution >= 4 is 17.2 Å². The van der Waals surface area contributed by atoms with Crippen molar-refractivity contribution in [3.63, 3.8) is 0 Å². The van der Waals surface area contributed by atoms with Crippen LogP contribution in [0.2, 0.25) is 0 Å². The van der Waals surface area contributed by atoms with E-state index < -0.39 is 0 Å². The van der Waals surface area contributed by atoms with Gasteiger partial charge in [-0.15, -0.1) is 11.3 Å². The molecule has 2 heterocycles. The van der Waals surface area contributed by atoms with Crippen LogP contribution in [0.15, 0.2) is 11.6 Å². The van der Waals surface area contributed by atoms with Crippen LogP contribution < -0.4 is 0 Å². The summed E-state index contributed by atoms with van der Waals surface area (Å²) in [6, 6.07) is 0. The number of hydrogen-bond acceptors (Lipinski definition) is 3. The van der Waals surface area contributed by atoms with Crippen LogP contribution in [0.25, 0.3) is 0 Å². The van der Waals surface area contributed by atoms with E-state index in [4.69, 9.17) is 0 Å². The molecular formula is C10H14N2OS. The second-order valence-electron chi connectivity index (χ2n) is 3.54.